The van der Waals surface area contributed by atoms with Gasteiger partial charge in [0.2, 0.25) is 0 Å². The van der Waals surface area contributed by atoms with Crippen molar-refractivity contribution in [2.24, 2.45) is 7.05 Å². The number of hydrogen-bond donors (Lipinski definition) is 0. The molecule has 3 aromatic carbocycles. The molecule has 4 aromatic rings. The van der Waals surface area contributed by atoms with Gasteiger partial charge in [0.25, 0.3) is 0 Å². The van der Waals surface area contributed by atoms with E-state index in [2.05, 4.69) is 101 Å². The molecule has 1 aromatic heterocycles. The van der Waals surface area contributed by atoms with E-state index in [-0.39, 0.29) is 0 Å². The molecule has 0 unspecified atom stereocenters. The van der Waals surface area contributed by atoms with Crippen molar-refractivity contribution in [1.82, 2.24) is 4.57 Å². The van der Waals surface area contributed by atoms with E-state index in [9.17, 15) is 0 Å². The third-order valence-corrected chi connectivity index (χ3v) is 5.16. The second kappa shape index (κ2) is 4.88. The maximum absolute atomic E-state index is 2.47. The fourth-order valence-corrected chi connectivity index (χ4v) is 4.13. The molecule has 0 amide bonds. The molecule has 0 bridgehead atoms. The largest absolute Gasteiger partial charge is 0.343 e. The summed E-state index contributed by atoms with van der Waals surface area (Å²) in [5.74, 6) is 0. The SMILES string of the molecule is Cn1c(-c2ccc3ccccc3c2)c(I)c2ccccc21. The molecule has 2 heteroatoms. The summed E-state index contributed by atoms with van der Waals surface area (Å²) in [5.41, 5.74) is 3.85. The Morgan fingerprint density at radius 1 is 0.810 bits per heavy atom. The summed E-state index contributed by atoms with van der Waals surface area (Å²) in [6.07, 6.45) is 0. The fourth-order valence-electron chi connectivity index (χ4n) is 3.00. The Morgan fingerprint density at radius 2 is 1.52 bits per heavy atom. The number of para-hydroxylation sites is 1. The highest BCUT2D eigenvalue weighted by Crippen LogP contribution is 2.35. The normalized spacial score (nSPS) is 11.3. The van der Waals surface area contributed by atoms with Gasteiger partial charge in [0.1, 0.15) is 0 Å². The van der Waals surface area contributed by atoms with Crippen LogP contribution in [0.25, 0.3) is 32.9 Å². The third kappa shape index (κ3) is 1.97. The zero-order chi connectivity index (χ0) is 14.4. The monoisotopic (exact) mass is 383 g/mol. The molecule has 1 heterocycles. The van der Waals surface area contributed by atoms with Crippen LogP contribution in [0.3, 0.4) is 0 Å². The molecule has 0 N–H and O–H groups in total. The summed E-state index contributed by atoms with van der Waals surface area (Å²) in [6, 6.07) is 23.8. The lowest BCUT2D eigenvalue weighted by molar-refractivity contribution is 0.976. The van der Waals surface area contributed by atoms with Crippen molar-refractivity contribution >= 4 is 44.3 Å². The van der Waals surface area contributed by atoms with E-state index >= 15 is 0 Å². The first-order valence-corrected chi connectivity index (χ1v) is 8.05. The molecule has 102 valence electrons. The highest BCUT2D eigenvalue weighted by Gasteiger charge is 2.14. The summed E-state index contributed by atoms with van der Waals surface area (Å²) in [6.45, 7) is 0. The Bertz CT molecular complexity index is 927. The minimum Gasteiger partial charge on any atom is -0.343 e. The van der Waals surface area contributed by atoms with Crippen molar-refractivity contribution in [2.75, 3.05) is 0 Å². The number of nitrogens with zero attached hydrogens (tertiary/aromatic N) is 1. The van der Waals surface area contributed by atoms with Crippen LogP contribution in [0.2, 0.25) is 0 Å². The number of aromatic nitrogens is 1. The number of benzene rings is 3. The second-order valence-electron chi connectivity index (χ2n) is 5.30. The average molecular weight is 383 g/mol. The van der Waals surface area contributed by atoms with Crippen molar-refractivity contribution in [2.45, 2.75) is 0 Å². The van der Waals surface area contributed by atoms with Gasteiger partial charge >= 0.3 is 0 Å². The molecule has 0 aliphatic heterocycles. The molecule has 0 atom stereocenters. The van der Waals surface area contributed by atoms with Gasteiger partial charge in [0.15, 0.2) is 0 Å². The quantitative estimate of drug-likeness (QED) is 0.377. The second-order valence-corrected chi connectivity index (χ2v) is 6.38. The molecule has 0 spiro atoms. The average Bonchev–Trinajstić information content (AvgIpc) is 2.79. The Balaban J connectivity index is 2.04. The molecule has 0 aliphatic rings. The molecule has 0 radical (unpaired) electrons. The highest BCUT2D eigenvalue weighted by molar-refractivity contribution is 14.1. The van der Waals surface area contributed by atoms with Gasteiger partial charge in [0, 0.05) is 21.5 Å². The van der Waals surface area contributed by atoms with Crippen molar-refractivity contribution in [1.29, 1.82) is 0 Å². The molecule has 0 saturated heterocycles. The summed E-state index contributed by atoms with van der Waals surface area (Å²) < 4.78 is 3.61. The minimum absolute atomic E-state index is 1.27. The van der Waals surface area contributed by atoms with Gasteiger partial charge in [-0.2, -0.15) is 0 Å². The third-order valence-electron chi connectivity index (χ3n) is 4.07. The first-order valence-electron chi connectivity index (χ1n) is 6.98. The molecule has 21 heavy (non-hydrogen) atoms. The lowest BCUT2D eigenvalue weighted by atomic mass is 10.1. The zero-order valence-electron chi connectivity index (χ0n) is 11.7. The van der Waals surface area contributed by atoms with Crippen LogP contribution in [0, 0.1) is 3.57 Å². The van der Waals surface area contributed by atoms with Crippen LogP contribution in [0.4, 0.5) is 0 Å². The predicted molar refractivity (Wildman–Crippen MR) is 98.6 cm³/mol. The fraction of sp³-hybridized carbons (Fsp3) is 0.0526. The van der Waals surface area contributed by atoms with Gasteiger partial charge in [0.05, 0.1) is 5.69 Å². The van der Waals surface area contributed by atoms with Gasteiger partial charge in [-0.3, -0.25) is 0 Å². The minimum atomic E-state index is 1.27. The smallest absolute Gasteiger partial charge is 0.0624 e. The van der Waals surface area contributed by atoms with Gasteiger partial charge < -0.3 is 4.57 Å². The molecule has 4 rings (SSSR count). The van der Waals surface area contributed by atoms with Crippen LogP contribution in [-0.4, -0.2) is 4.57 Å². The van der Waals surface area contributed by atoms with Gasteiger partial charge in [-0.25, -0.2) is 0 Å². The Morgan fingerprint density at radius 3 is 2.33 bits per heavy atom. The van der Waals surface area contributed by atoms with E-state index in [1.54, 1.807) is 0 Å². The number of aryl methyl sites for hydroxylation is 1. The number of rotatable bonds is 1. The predicted octanol–water partition coefficient (Wildman–Crippen LogP) is 5.60. The lowest BCUT2D eigenvalue weighted by Gasteiger charge is -2.07. The molecular formula is C19H14IN. The van der Waals surface area contributed by atoms with Crippen LogP contribution in [0.5, 0.6) is 0 Å². The maximum Gasteiger partial charge on any atom is 0.0624 e. The molecule has 0 saturated carbocycles. The highest BCUT2D eigenvalue weighted by atomic mass is 127. The van der Waals surface area contributed by atoms with Crippen LogP contribution in [-0.2, 0) is 7.05 Å². The van der Waals surface area contributed by atoms with Crippen molar-refractivity contribution in [3.8, 4) is 11.3 Å². The van der Waals surface area contributed by atoms with E-state index in [1.165, 1.54) is 36.5 Å². The summed E-state index contributed by atoms with van der Waals surface area (Å²) in [5, 5.41) is 3.90. The molecule has 0 aliphatic carbocycles. The molecular weight excluding hydrogens is 369 g/mol. The van der Waals surface area contributed by atoms with Crippen LogP contribution < -0.4 is 0 Å². The lowest BCUT2D eigenvalue weighted by Crippen LogP contribution is -1.92. The van der Waals surface area contributed by atoms with Gasteiger partial charge in [-0.15, -0.1) is 0 Å². The van der Waals surface area contributed by atoms with Gasteiger partial charge in [-0.05, 0) is 51.1 Å². The Labute approximate surface area is 137 Å². The number of fused-ring (bicyclic) bond motifs is 2. The topological polar surface area (TPSA) is 4.93 Å². The summed E-state index contributed by atoms with van der Waals surface area (Å²) >= 11 is 2.47. The zero-order valence-corrected chi connectivity index (χ0v) is 13.8. The standard InChI is InChI=1S/C19H14IN/c1-21-17-9-5-4-8-16(17)18(20)19(21)15-11-10-13-6-2-3-7-14(13)12-15/h2-12H,1H3. The van der Waals surface area contributed by atoms with E-state index in [4.69, 9.17) is 0 Å². The first kappa shape index (κ1) is 12.9. The summed E-state index contributed by atoms with van der Waals surface area (Å²) in [4.78, 5) is 0. The Hall–Kier alpha value is -1.81. The van der Waals surface area contributed by atoms with E-state index in [0.29, 0.717) is 0 Å². The van der Waals surface area contributed by atoms with Crippen LogP contribution >= 0.6 is 22.6 Å². The van der Waals surface area contributed by atoms with Crippen molar-refractivity contribution in [3.63, 3.8) is 0 Å². The van der Waals surface area contributed by atoms with Crippen molar-refractivity contribution in [3.05, 3.63) is 70.3 Å². The first-order chi connectivity index (χ1) is 10.3. The van der Waals surface area contributed by atoms with E-state index in [1.807, 2.05) is 0 Å². The maximum atomic E-state index is 2.47. The Kier molecular flexibility index (Phi) is 3.00. The van der Waals surface area contributed by atoms with Crippen molar-refractivity contribution < 1.29 is 0 Å². The molecule has 1 nitrogen and oxygen atoms in total. The summed E-state index contributed by atoms with van der Waals surface area (Å²) in [7, 11) is 2.15. The number of hydrogen-bond acceptors (Lipinski definition) is 0. The van der Waals surface area contributed by atoms with Crippen LogP contribution in [0.1, 0.15) is 0 Å². The molecule has 0 fully saturated rings. The van der Waals surface area contributed by atoms with E-state index < -0.39 is 0 Å². The number of halogens is 1. The van der Waals surface area contributed by atoms with E-state index in [0.717, 1.165) is 0 Å². The van der Waals surface area contributed by atoms with Gasteiger partial charge in [-0.1, -0.05) is 54.6 Å². The van der Waals surface area contributed by atoms with Crippen LogP contribution in [0.15, 0.2) is 66.7 Å².